The molecule has 1 aromatic heterocycles. The van der Waals surface area contributed by atoms with Gasteiger partial charge in [-0.2, -0.15) is 0 Å². The molecule has 2 aromatic rings. The Hall–Kier alpha value is -1.95. The van der Waals surface area contributed by atoms with Crippen LogP contribution >= 0.6 is 11.5 Å². The van der Waals surface area contributed by atoms with Gasteiger partial charge in [-0.05, 0) is 42.6 Å². The van der Waals surface area contributed by atoms with Gasteiger partial charge in [-0.1, -0.05) is 23.5 Å². The van der Waals surface area contributed by atoms with Crippen molar-refractivity contribution in [2.45, 2.75) is 26.8 Å². The molecule has 0 atom stereocenters. The Morgan fingerprint density at radius 2 is 2.32 bits per heavy atom. The minimum Gasteiger partial charge on any atom is -0.370 e. The molecule has 0 radical (unpaired) electrons. The summed E-state index contributed by atoms with van der Waals surface area (Å²) in [5.41, 5.74) is 9.00. The van der Waals surface area contributed by atoms with Crippen LogP contribution in [0, 0.1) is 6.92 Å². The predicted molar refractivity (Wildman–Crippen MR) is 79.4 cm³/mol. The van der Waals surface area contributed by atoms with Gasteiger partial charge in [-0.25, -0.2) is 4.99 Å². The lowest BCUT2D eigenvalue weighted by Gasteiger charge is -2.06. The first-order chi connectivity index (χ1) is 9.19. The molecule has 100 valence electrons. The van der Waals surface area contributed by atoms with Crippen LogP contribution < -0.4 is 11.1 Å². The van der Waals surface area contributed by atoms with Crippen molar-refractivity contribution in [3.63, 3.8) is 0 Å². The molecule has 1 aromatic carbocycles. The van der Waals surface area contributed by atoms with Crippen molar-refractivity contribution >= 4 is 23.2 Å². The number of nitrogens with two attached hydrogens (primary N) is 1. The number of guanidine groups is 1. The monoisotopic (exact) mass is 275 g/mol. The molecular formula is C13H17N5S. The van der Waals surface area contributed by atoms with Crippen molar-refractivity contribution in [2.75, 3.05) is 5.32 Å². The summed E-state index contributed by atoms with van der Waals surface area (Å²) in [7, 11) is 0. The normalized spacial score (nSPS) is 11.6. The second-order valence-electron chi connectivity index (χ2n) is 4.16. The van der Waals surface area contributed by atoms with Crippen LogP contribution in [0.2, 0.25) is 0 Å². The molecule has 0 unspecified atom stereocenters. The standard InChI is InChI=1S/C13H17N5S/c1-3-10-5-4-6-11(7-10)16-13(14)15-8-12-9(2)17-18-19-12/h4-7H,3,8H2,1-2H3,(H3,14,15,16). The Morgan fingerprint density at radius 1 is 1.47 bits per heavy atom. The average Bonchev–Trinajstić information content (AvgIpc) is 2.82. The lowest BCUT2D eigenvalue weighted by Crippen LogP contribution is -2.22. The molecule has 0 saturated heterocycles. The molecule has 0 bridgehead atoms. The van der Waals surface area contributed by atoms with Crippen LogP contribution in [0.4, 0.5) is 5.69 Å². The predicted octanol–water partition coefficient (Wildman–Crippen LogP) is 2.34. The second kappa shape index (κ2) is 6.29. The van der Waals surface area contributed by atoms with Crippen molar-refractivity contribution in [1.29, 1.82) is 0 Å². The smallest absolute Gasteiger partial charge is 0.193 e. The van der Waals surface area contributed by atoms with E-state index in [1.165, 1.54) is 17.1 Å². The fourth-order valence-electron chi connectivity index (χ4n) is 1.61. The highest BCUT2D eigenvalue weighted by Crippen LogP contribution is 2.12. The summed E-state index contributed by atoms with van der Waals surface area (Å²) in [5, 5.41) is 7.03. The third kappa shape index (κ3) is 3.75. The van der Waals surface area contributed by atoms with Crippen molar-refractivity contribution in [3.05, 3.63) is 40.4 Å². The van der Waals surface area contributed by atoms with Gasteiger partial charge < -0.3 is 11.1 Å². The summed E-state index contributed by atoms with van der Waals surface area (Å²) >= 11 is 1.35. The second-order valence-corrected chi connectivity index (χ2v) is 5.00. The third-order valence-electron chi connectivity index (χ3n) is 2.75. The fourth-order valence-corrected chi connectivity index (χ4v) is 2.17. The average molecular weight is 275 g/mol. The van der Waals surface area contributed by atoms with Crippen LogP contribution in [0.3, 0.4) is 0 Å². The van der Waals surface area contributed by atoms with Crippen LogP contribution in [0.25, 0.3) is 0 Å². The quantitative estimate of drug-likeness (QED) is 0.663. The number of rotatable bonds is 4. The SMILES string of the molecule is CCc1cccc(NC(N)=NCc2snnc2C)c1. The van der Waals surface area contributed by atoms with Gasteiger partial charge in [0.2, 0.25) is 0 Å². The fraction of sp³-hybridized carbons (Fsp3) is 0.308. The first kappa shape index (κ1) is 13.5. The van der Waals surface area contributed by atoms with E-state index in [4.69, 9.17) is 5.73 Å². The van der Waals surface area contributed by atoms with Gasteiger partial charge in [-0.15, -0.1) is 5.10 Å². The van der Waals surface area contributed by atoms with E-state index >= 15 is 0 Å². The number of nitrogens with one attached hydrogen (secondary N) is 1. The molecule has 19 heavy (non-hydrogen) atoms. The zero-order chi connectivity index (χ0) is 13.7. The van der Waals surface area contributed by atoms with E-state index in [2.05, 4.69) is 39.0 Å². The van der Waals surface area contributed by atoms with E-state index in [0.717, 1.165) is 22.7 Å². The highest BCUT2D eigenvalue weighted by molar-refractivity contribution is 7.05. The number of benzene rings is 1. The van der Waals surface area contributed by atoms with E-state index in [1.807, 2.05) is 19.1 Å². The summed E-state index contributed by atoms with van der Waals surface area (Å²) in [6.45, 7) is 4.55. The largest absolute Gasteiger partial charge is 0.370 e. The third-order valence-corrected chi connectivity index (χ3v) is 3.55. The summed E-state index contributed by atoms with van der Waals surface area (Å²) in [5.74, 6) is 0.404. The van der Waals surface area contributed by atoms with Crippen molar-refractivity contribution in [3.8, 4) is 0 Å². The van der Waals surface area contributed by atoms with Gasteiger partial charge in [0, 0.05) is 5.69 Å². The summed E-state index contributed by atoms with van der Waals surface area (Å²) in [6.07, 6.45) is 0.998. The molecule has 5 nitrogen and oxygen atoms in total. The Labute approximate surface area is 116 Å². The maximum absolute atomic E-state index is 5.87. The number of nitrogens with zero attached hydrogens (tertiary/aromatic N) is 3. The molecule has 3 N–H and O–H groups in total. The topological polar surface area (TPSA) is 76.2 Å². The Kier molecular flexibility index (Phi) is 4.46. The van der Waals surface area contributed by atoms with Gasteiger partial charge in [0.05, 0.1) is 17.1 Å². The van der Waals surface area contributed by atoms with E-state index in [9.17, 15) is 0 Å². The number of hydrogen-bond acceptors (Lipinski definition) is 4. The molecular weight excluding hydrogens is 258 g/mol. The van der Waals surface area contributed by atoms with E-state index in [0.29, 0.717) is 12.5 Å². The van der Waals surface area contributed by atoms with Crippen molar-refractivity contribution in [2.24, 2.45) is 10.7 Å². The van der Waals surface area contributed by atoms with Crippen molar-refractivity contribution in [1.82, 2.24) is 9.59 Å². The van der Waals surface area contributed by atoms with Crippen LogP contribution in [0.15, 0.2) is 29.3 Å². The van der Waals surface area contributed by atoms with Crippen molar-refractivity contribution < 1.29 is 0 Å². The van der Waals surface area contributed by atoms with E-state index < -0.39 is 0 Å². The van der Waals surface area contributed by atoms with Gasteiger partial charge in [0.25, 0.3) is 0 Å². The molecule has 0 fully saturated rings. The van der Waals surface area contributed by atoms with Gasteiger partial charge in [-0.3, -0.25) is 0 Å². The first-order valence-electron chi connectivity index (χ1n) is 6.12. The highest BCUT2D eigenvalue weighted by atomic mass is 32.1. The molecule has 0 aliphatic rings. The van der Waals surface area contributed by atoms with E-state index in [1.54, 1.807) is 0 Å². The van der Waals surface area contributed by atoms with Crippen LogP contribution in [0.5, 0.6) is 0 Å². The van der Waals surface area contributed by atoms with Crippen LogP contribution in [-0.4, -0.2) is 15.5 Å². The minimum atomic E-state index is 0.404. The number of aliphatic imine (C=N–C) groups is 1. The Balaban J connectivity index is 2.00. The van der Waals surface area contributed by atoms with Gasteiger partial charge in [0.15, 0.2) is 5.96 Å². The summed E-state index contributed by atoms with van der Waals surface area (Å²) in [6, 6.07) is 8.14. The number of aromatic nitrogens is 2. The molecule has 0 saturated carbocycles. The maximum atomic E-state index is 5.87. The zero-order valence-electron chi connectivity index (χ0n) is 11.1. The van der Waals surface area contributed by atoms with Gasteiger partial charge in [0.1, 0.15) is 0 Å². The lowest BCUT2D eigenvalue weighted by atomic mass is 10.1. The Bertz CT molecular complexity index is 576. The molecule has 2 rings (SSSR count). The molecule has 6 heteroatoms. The Morgan fingerprint density at radius 3 is 3.00 bits per heavy atom. The number of anilines is 1. The summed E-state index contributed by atoms with van der Waals surface area (Å²) < 4.78 is 3.87. The maximum Gasteiger partial charge on any atom is 0.193 e. The molecule has 0 spiro atoms. The molecule has 0 aliphatic heterocycles. The van der Waals surface area contributed by atoms with Crippen LogP contribution in [0.1, 0.15) is 23.1 Å². The summed E-state index contributed by atoms with van der Waals surface area (Å²) in [4.78, 5) is 5.33. The minimum absolute atomic E-state index is 0.404. The van der Waals surface area contributed by atoms with Gasteiger partial charge >= 0.3 is 0 Å². The number of aryl methyl sites for hydroxylation is 2. The van der Waals surface area contributed by atoms with Crippen LogP contribution in [-0.2, 0) is 13.0 Å². The first-order valence-corrected chi connectivity index (χ1v) is 6.90. The lowest BCUT2D eigenvalue weighted by molar-refractivity contribution is 1.02. The highest BCUT2D eigenvalue weighted by Gasteiger charge is 2.02. The zero-order valence-corrected chi connectivity index (χ0v) is 11.9. The van der Waals surface area contributed by atoms with E-state index in [-0.39, 0.29) is 0 Å². The molecule has 1 heterocycles. The molecule has 0 aliphatic carbocycles. The molecule has 0 amide bonds. The number of hydrogen-bond donors (Lipinski definition) is 2.